The van der Waals surface area contributed by atoms with Gasteiger partial charge in [-0.3, -0.25) is 9.69 Å². The van der Waals surface area contributed by atoms with Gasteiger partial charge in [0, 0.05) is 50.2 Å². The zero-order valence-corrected chi connectivity index (χ0v) is 22.6. The van der Waals surface area contributed by atoms with Gasteiger partial charge in [0.05, 0.1) is 22.9 Å². The minimum absolute atomic E-state index is 0.0196. The summed E-state index contributed by atoms with van der Waals surface area (Å²) in [5.41, 5.74) is 8.12. The number of hydrogen-bond acceptors (Lipinski definition) is 6. The number of nitrogens with zero attached hydrogens (tertiary/aromatic N) is 4. The molecule has 1 aliphatic heterocycles. The number of carbonyl (C=O) groups excluding carboxylic acids is 1. The van der Waals surface area contributed by atoms with Crippen LogP contribution in [0.2, 0.25) is 0 Å². The summed E-state index contributed by atoms with van der Waals surface area (Å²) >= 11 is 0. The van der Waals surface area contributed by atoms with Crippen LogP contribution >= 0.6 is 0 Å². The fourth-order valence-electron chi connectivity index (χ4n) is 4.94. The lowest BCUT2D eigenvalue weighted by atomic mass is 10.0. The lowest BCUT2D eigenvalue weighted by molar-refractivity contribution is -0.138. The van der Waals surface area contributed by atoms with E-state index in [1.165, 1.54) is 18.5 Å². The normalized spacial score (nSPS) is 14.5. The first-order chi connectivity index (χ1) is 19.7. The maximum atomic E-state index is 13.9. The van der Waals surface area contributed by atoms with Crippen molar-refractivity contribution in [3.63, 3.8) is 0 Å². The van der Waals surface area contributed by atoms with Crippen molar-refractivity contribution < 1.29 is 18.0 Å². The number of nitrogen functional groups attached to an aromatic ring is 1. The quantitative estimate of drug-likeness (QED) is 0.304. The summed E-state index contributed by atoms with van der Waals surface area (Å²) in [5, 5.41) is 3.26. The molecule has 1 fully saturated rings. The summed E-state index contributed by atoms with van der Waals surface area (Å²) in [6.07, 6.45) is -1.48. The molecular weight excluding hydrogens is 531 g/mol. The smallest absolute Gasteiger partial charge is 0.383 e. The van der Waals surface area contributed by atoms with E-state index in [0.717, 1.165) is 38.8 Å². The Kier molecular flexibility index (Phi) is 8.23. The number of anilines is 2. The van der Waals surface area contributed by atoms with E-state index in [2.05, 4.69) is 43.9 Å². The molecule has 8 nitrogen and oxygen atoms in total. The Balaban J connectivity index is 1.26. The van der Waals surface area contributed by atoms with Crippen molar-refractivity contribution >= 4 is 28.4 Å². The Bertz CT molecular complexity index is 1610. The molecule has 0 bridgehead atoms. The fourth-order valence-corrected chi connectivity index (χ4v) is 4.94. The summed E-state index contributed by atoms with van der Waals surface area (Å²) in [4.78, 5) is 28.2. The Labute approximate surface area is 235 Å². The molecule has 0 radical (unpaired) electrons. The molecule has 0 atom stereocenters. The summed E-state index contributed by atoms with van der Waals surface area (Å²) in [5.74, 6) is 6.00. The van der Waals surface area contributed by atoms with Crippen LogP contribution in [-0.4, -0.2) is 63.4 Å². The molecule has 11 heteroatoms. The molecule has 0 unspecified atom stereocenters. The molecule has 2 aromatic carbocycles. The van der Waals surface area contributed by atoms with Gasteiger partial charge in [0.1, 0.15) is 17.8 Å². The average molecular weight is 562 g/mol. The molecule has 0 spiro atoms. The van der Waals surface area contributed by atoms with Gasteiger partial charge in [-0.05, 0) is 41.9 Å². The van der Waals surface area contributed by atoms with Gasteiger partial charge in [0.25, 0.3) is 0 Å². The number of piperazine rings is 1. The number of aromatic amines is 1. The van der Waals surface area contributed by atoms with Crippen LogP contribution in [0.1, 0.15) is 34.7 Å². The lowest BCUT2D eigenvalue weighted by Gasteiger charge is -2.34. The van der Waals surface area contributed by atoms with E-state index in [4.69, 9.17) is 5.73 Å². The zero-order chi connectivity index (χ0) is 29.0. The molecule has 0 saturated carbocycles. The Morgan fingerprint density at radius 3 is 2.61 bits per heavy atom. The topological polar surface area (TPSA) is 103 Å². The van der Waals surface area contributed by atoms with E-state index in [1.807, 2.05) is 4.90 Å². The van der Waals surface area contributed by atoms with Crippen LogP contribution in [0.25, 0.3) is 11.0 Å². The third-order valence-electron chi connectivity index (χ3n) is 7.14. The first-order valence-corrected chi connectivity index (χ1v) is 13.3. The van der Waals surface area contributed by atoms with Crippen molar-refractivity contribution in [3.05, 3.63) is 82.8 Å². The number of hydrogen-bond donors (Lipinski definition) is 3. The van der Waals surface area contributed by atoms with Crippen LogP contribution in [0.5, 0.6) is 0 Å². The molecule has 1 aliphatic rings. The van der Waals surface area contributed by atoms with Crippen LogP contribution in [0.15, 0.2) is 55.0 Å². The minimum atomic E-state index is -4.53. The number of benzene rings is 2. The second-order valence-electron chi connectivity index (χ2n) is 9.94. The number of nitrogens with two attached hydrogens (primary N) is 1. The van der Waals surface area contributed by atoms with E-state index in [-0.39, 0.29) is 24.2 Å². The highest BCUT2D eigenvalue weighted by Crippen LogP contribution is 2.34. The van der Waals surface area contributed by atoms with E-state index in [9.17, 15) is 18.0 Å². The van der Waals surface area contributed by atoms with Crippen molar-refractivity contribution in [3.8, 4) is 11.8 Å². The van der Waals surface area contributed by atoms with Crippen LogP contribution in [-0.2, 0) is 23.9 Å². The zero-order valence-electron chi connectivity index (χ0n) is 22.6. The molecule has 4 aromatic rings. The number of halogens is 3. The second-order valence-corrected chi connectivity index (χ2v) is 9.94. The molecule has 5 rings (SSSR count). The summed E-state index contributed by atoms with van der Waals surface area (Å²) in [7, 11) is 0. The molecule has 1 saturated heterocycles. The lowest BCUT2D eigenvalue weighted by Crippen LogP contribution is -2.45. The highest BCUT2D eigenvalue weighted by Gasteiger charge is 2.34. The molecule has 41 heavy (non-hydrogen) atoms. The van der Waals surface area contributed by atoms with Crippen molar-refractivity contribution in [1.29, 1.82) is 0 Å². The number of aromatic nitrogens is 3. The van der Waals surface area contributed by atoms with Crippen molar-refractivity contribution in [2.24, 2.45) is 0 Å². The first kappa shape index (κ1) is 28.1. The monoisotopic (exact) mass is 561 g/mol. The average Bonchev–Trinajstić information content (AvgIpc) is 3.37. The van der Waals surface area contributed by atoms with Crippen molar-refractivity contribution in [2.45, 2.75) is 26.1 Å². The first-order valence-electron chi connectivity index (χ1n) is 13.3. The van der Waals surface area contributed by atoms with Gasteiger partial charge in [0.15, 0.2) is 0 Å². The van der Waals surface area contributed by atoms with Gasteiger partial charge >= 0.3 is 6.18 Å². The van der Waals surface area contributed by atoms with E-state index in [1.54, 1.807) is 30.5 Å². The molecule has 4 N–H and O–H groups in total. The standard InChI is InChI=1S/C30H30F3N7O/c1-2-39-10-12-40(13-11-39)18-23-8-9-24(16-25(23)30(31,32)33)38-26(41)15-21-5-3-4-20(14-21)6-7-22-17-35-29-27(22)28(34)36-19-37-29/h3-5,8-9,14,16-17,19H,2,10-13,15,18H2,1H3,(H,38,41)(H3,34,35,36,37). The second kappa shape index (κ2) is 12.0. The van der Waals surface area contributed by atoms with Gasteiger partial charge in [0.2, 0.25) is 5.91 Å². The molecule has 3 heterocycles. The largest absolute Gasteiger partial charge is 0.416 e. The number of carbonyl (C=O) groups is 1. The highest BCUT2D eigenvalue weighted by atomic mass is 19.4. The fraction of sp³-hybridized carbons (Fsp3) is 0.300. The number of nitrogens with one attached hydrogen (secondary N) is 2. The number of likely N-dealkylation sites (N-methyl/N-ethyl adjacent to an activating group) is 1. The van der Waals surface area contributed by atoms with Gasteiger partial charge < -0.3 is 20.9 Å². The van der Waals surface area contributed by atoms with Crippen molar-refractivity contribution in [2.75, 3.05) is 43.8 Å². The van der Waals surface area contributed by atoms with Gasteiger partial charge in [-0.1, -0.05) is 37.0 Å². The number of H-pyrrole nitrogens is 1. The number of amides is 1. The van der Waals surface area contributed by atoms with E-state index in [0.29, 0.717) is 33.5 Å². The van der Waals surface area contributed by atoms with Crippen LogP contribution in [0, 0.1) is 11.8 Å². The third kappa shape index (κ3) is 6.85. The summed E-state index contributed by atoms with van der Waals surface area (Å²) < 4.78 is 41.8. The van der Waals surface area contributed by atoms with Crippen LogP contribution in [0.4, 0.5) is 24.7 Å². The molecule has 2 aromatic heterocycles. The summed E-state index contributed by atoms with van der Waals surface area (Å²) in [6, 6.07) is 11.1. The molecule has 212 valence electrons. The number of rotatable bonds is 6. The molecule has 1 amide bonds. The highest BCUT2D eigenvalue weighted by molar-refractivity contribution is 5.93. The predicted molar refractivity (Wildman–Crippen MR) is 152 cm³/mol. The molecule has 0 aliphatic carbocycles. The maximum Gasteiger partial charge on any atom is 0.416 e. The number of alkyl halides is 3. The molecular formula is C30H30F3N7O. The van der Waals surface area contributed by atoms with Gasteiger partial charge in [-0.25, -0.2) is 9.97 Å². The SMILES string of the molecule is CCN1CCN(Cc2ccc(NC(=O)Cc3cccc(C#Cc4c[nH]c5ncnc(N)c45)c3)cc2C(F)(F)F)CC1. The summed E-state index contributed by atoms with van der Waals surface area (Å²) in [6.45, 7) is 6.34. The van der Waals surface area contributed by atoms with Crippen LogP contribution in [0.3, 0.4) is 0 Å². The Hall–Kier alpha value is -4.40. The van der Waals surface area contributed by atoms with E-state index < -0.39 is 17.6 Å². The van der Waals surface area contributed by atoms with Crippen LogP contribution < -0.4 is 11.1 Å². The Morgan fingerprint density at radius 2 is 1.85 bits per heavy atom. The van der Waals surface area contributed by atoms with Gasteiger partial charge in [-0.2, -0.15) is 13.2 Å². The third-order valence-corrected chi connectivity index (χ3v) is 7.14. The van der Waals surface area contributed by atoms with Gasteiger partial charge in [-0.15, -0.1) is 0 Å². The number of fused-ring (bicyclic) bond motifs is 1. The predicted octanol–water partition coefficient (Wildman–Crippen LogP) is 4.28. The van der Waals surface area contributed by atoms with Crippen molar-refractivity contribution in [1.82, 2.24) is 24.8 Å². The van der Waals surface area contributed by atoms with E-state index >= 15 is 0 Å². The Morgan fingerprint density at radius 1 is 1.07 bits per heavy atom. The maximum absolute atomic E-state index is 13.9. The minimum Gasteiger partial charge on any atom is -0.383 e.